The molecule has 0 radical (unpaired) electrons. The summed E-state index contributed by atoms with van der Waals surface area (Å²) in [6, 6.07) is 6.02. The van der Waals surface area contributed by atoms with E-state index in [1.54, 1.807) is 4.90 Å². The molecular weight excluding hydrogens is 292 g/mol. The van der Waals surface area contributed by atoms with Crippen LogP contribution in [0.4, 0.5) is 5.69 Å². The summed E-state index contributed by atoms with van der Waals surface area (Å²) in [6.45, 7) is 2.05. The fraction of sp³-hybridized carbons (Fsp3) is 0.556. The van der Waals surface area contributed by atoms with Crippen LogP contribution in [0.15, 0.2) is 18.2 Å². The number of likely N-dealkylation sites (N-methyl/N-ethyl adjacent to an activating group) is 1. The fourth-order valence-electron chi connectivity index (χ4n) is 3.40. The van der Waals surface area contributed by atoms with E-state index in [1.165, 1.54) is 19.3 Å². The summed E-state index contributed by atoms with van der Waals surface area (Å²) in [5, 5.41) is 0. The lowest BCUT2D eigenvalue weighted by atomic mass is 9.94. The van der Waals surface area contributed by atoms with Crippen molar-refractivity contribution in [2.45, 2.75) is 45.1 Å². The maximum atomic E-state index is 12.6. The number of ether oxygens (including phenoxy) is 1. The van der Waals surface area contributed by atoms with E-state index in [0.717, 1.165) is 18.4 Å². The molecule has 0 bridgehead atoms. The number of carbonyl (C=O) groups excluding carboxylic acids is 2. The van der Waals surface area contributed by atoms with Gasteiger partial charge in [0.2, 0.25) is 5.91 Å². The van der Waals surface area contributed by atoms with Crippen molar-refractivity contribution in [2.75, 3.05) is 25.1 Å². The van der Waals surface area contributed by atoms with Gasteiger partial charge in [0.1, 0.15) is 12.3 Å². The van der Waals surface area contributed by atoms with Crippen LogP contribution < -0.4 is 9.64 Å². The van der Waals surface area contributed by atoms with E-state index in [1.807, 2.05) is 37.1 Å². The van der Waals surface area contributed by atoms with Crippen LogP contribution in [-0.4, -0.2) is 43.0 Å². The number of fused-ring (bicyclic) bond motifs is 1. The highest BCUT2D eigenvalue weighted by molar-refractivity contribution is 6.02. The lowest BCUT2D eigenvalue weighted by molar-refractivity contribution is -0.133. The Morgan fingerprint density at radius 2 is 2.04 bits per heavy atom. The summed E-state index contributed by atoms with van der Waals surface area (Å²) in [5.74, 6) is 0.511. The molecule has 0 aromatic heterocycles. The van der Waals surface area contributed by atoms with Crippen LogP contribution in [0, 0.1) is 6.92 Å². The molecule has 2 aliphatic rings. The molecule has 5 heteroatoms. The van der Waals surface area contributed by atoms with E-state index < -0.39 is 0 Å². The van der Waals surface area contributed by atoms with Crippen molar-refractivity contribution < 1.29 is 14.3 Å². The van der Waals surface area contributed by atoms with Gasteiger partial charge in [0, 0.05) is 13.1 Å². The minimum atomic E-state index is -0.159. The first-order valence-electron chi connectivity index (χ1n) is 8.36. The molecule has 0 N–H and O–H groups in total. The van der Waals surface area contributed by atoms with Gasteiger partial charge in [-0.05, 0) is 37.5 Å². The zero-order valence-electron chi connectivity index (χ0n) is 13.9. The van der Waals surface area contributed by atoms with Crippen molar-refractivity contribution in [3.05, 3.63) is 23.8 Å². The largest absolute Gasteiger partial charge is 0.482 e. The average molecular weight is 316 g/mol. The number of anilines is 1. The molecular formula is C18H24N2O3. The molecule has 1 aromatic rings. The standard InChI is InChI=1S/C18H24N2O3/c1-13-8-9-16-15(10-13)20(18(22)12-23-16)11-17(21)19(2)14-6-4-3-5-7-14/h8-10,14H,3-7,11-12H2,1-2H3. The van der Waals surface area contributed by atoms with Gasteiger partial charge in [-0.2, -0.15) is 0 Å². The maximum Gasteiger partial charge on any atom is 0.265 e. The van der Waals surface area contributed by atoms with Gasteiger partial charge in [-0.1, -0.05) is 25.3 Å². The van der Waals surface area contributed by atoms with Gasteiger partial charge in [-0.15, -0.1) is 0 Å². The molecule has 1 aliphatic heterocycles. The Balaban J connectivity index is 1.75. The zero-order chi connectivity index (χ0) is 16.4. The molecule has 1 fully saturated rings. The Labute approximate surface area is 137 Å². The van der Waals surface area contributed by atoms with Crippen molar-refractivity contribution in [2.24, 2.45) is 0 Å². The number of rotatable bonds is 3. The highest BCUT2D eigenvalue weighted by atomic mass is 16.5. The lowest BCUT2D eigenvalue weighted by Crippen LogP contribution is -2.48. The summed E-state index contributed by atoms with van der Waals surface area (Å²) in [4.78, 5) is 28.3. The molecule has 1 aliphatic carbocycles. The predicted molar refractivity (Wildman–Crippen MR) is 88.7 cm³/mol. The van der Waals surface area contributed by atoms with Crippen molar-refractivity contribution in [1.82, 2.24) is 4.90 Å². The van der Waals surface area contributed by atoms with Crippen LogP contribution >= 0.6 is 0 Å². The second-order valence-electron chi connectivity index (χ2n) is 6.54. The van der Waals surface area contributed by atoms with E-state index in [-0.39, 0.29) is 25.0 Å². The van der Waals surface area contributed by atoms with E-state index in [0.29, 0.717) is 17.5 Å². The summed E-state index contributed by atoms with van der Waals surface area (Å²) in [5.41, 5.74) is 1.74. The van der Waals surface area contributed by atoms with Crippen molar-refractivity contribution in [3.8, 4) is 5.75 Å². The predicted octanol–water partition coefficient (Wildman–Crippen LogP) is 2.51. The van der Waals surface area contributed by atoms with E-state index in [9.17, 15) is 9.59 Å². The third-order valence-corrected chi connectivity index (χ3v) is 4.87. The summed E-state index contributed by atoms with van der Waals surface area (Å²) in [7, 11) is 1.86. The van der Waals surface area contributed by atoms with Gasteiger partial charge in [0.15, 0.2) is 6.61 Å². The molecule has 2 amide bonds. The fourth-order valence-corrected chi connectivity index (χ4v) is 3.40. The second-order valence-corrected chi connectivity index (χ2v) is 6.54. The van der Waals surface area contributed by atoms with Crippen molar-refractivity contribution >= 4 is 17.5 Å². The molecule has 0 saturated heterocycles. The maximum absolute atomic E-state index is 12.6. The van der Waals surface area contributed by atoms with Gasteiger partial charge in [-0.3, -0.25) is 14.5 Å². The van der Waals surface area contributed by atoms with Crippen LogP contribution in [0.3, 0.4) is 0 Å². The minimum absolute atomic E-state index is 0.000365. The lowest BCUT2D eigenvalue weighted by Gasteiger charge is -2.34. The molecule has 5 nitrogen and oxygen atoms in total. The smallest absolute Gasteiger partial charge is 0.265 e. The highest BCUT2D eigenvalue weighted by Crippen LogP contribution is 2.33. The third-order valence-electron chi connectivity index (χ3n) is 4.87. The Bertz CT molecular complexity index is 608. The molecule has 1 saturated carbocycles. The van der Waals surface area contributed by atoms with Crippen LogP contribution in [0.5, 0.6) is 5.75 Å². The quantitative estimate of drug-likeness (QED) is 0.861. The summed E-state index contributed by atoms with van der Waals surface area (Å²) < 4.78 is 5.46. The molecule has 0 atom stereocenters. The molecule has 124 valence electrons. The van der Waals surface area contributed by atoms with Crippen LogP contribution in [0.25, 0.3) is 0 Å². The minimum Gasteiger partial charge on any atom is -0.482 e. The summed E-state index contributed by atoms with van der Waals surface area (Å²) >= 11 is 0. The number of amides is 2. The van der Waals surface area contributed by atoms with Crippen molar-refractivity contribution in [1.29, 1.82) is 0 Å². The van der Waals surface area contributed by atoms with Crippen LogP contribution in [-0.2, 0) is 9.59 Å². The van der Waals surface area contributed by atoms with E-state index in [4.69, 9.17) is 4.74 Å². The first-order chi connectivity index (χ1) is 11.1. The molecule has 1 heterocycles. The van der Waals surface area contributed by atoms with Crippen LogP contribution in [0.1, 0.15) is 37.7 Å². The molecule has 3 rings (SSSR count). The number of hydrogen-bond donors (Lipinski definition) is 0. The third kappa shape index (κ3) is 3.33. The topological polar surface area (TPSA) is 49.9 Å². The normalized spacial score (nSPS) is 18.3. The van der Waals surface area contributed by atoms with Gasteiger partial charge in [0.25, 0.3) is 5.91 Å². The van der Waals surface area contributed by atoms with E-state index >= 15 is 0 Å². The SMILES string of the molecule is Cc1ccc2c(c1)N(CC(=O)N(C)C1CCCCC1)C(=O)CO2. The van der Waals surface area contributed by atoms with Gasteiger partial charge in [0.05, 0.1) is 5.69 Å². The summed E-state index contributed by atoms with van der Waals surface area (Å²) in [6.07, 6.45) is 5.75. The average Bonchev–Trinajstić information content (AvgIpc) is 2.57. The van der Waals surface area contributed by atoms with Crippen molar-refractivity contribution in [3.63, 3.8) is 0 Å². The number of hydrogen-bond acceptors (Lipinski definition) is 3. The number of benzene rings is 1. The molecule has 0 unspecified atom stereocenters. The van der Waals surface area contributed by atoms with Gasteiger partial charge in [-0.25, -0.2) is 0 Å². The second kappa shape index (κ2) is 6.60. The molecule has 1 aromatic carbocycles. The van der Waals surface area contributed by atoms with Crippen LogP contribution in [0.2, 0.25) is 0 Å². The Morgan fingerprint density at radius 1 is 1.30 bits per heavy atom. The van der Waals surface area contributed by atoms with Gasteiger partial charge < -0.3 is 9.64 Å². The highest BCUT2D eigenvalue weighted by Gasteiger charge is 2.30. The Kier molecular flexibility index (Phi) is 4.55. The molecule has 23 heavy (non-hydrogen) atoms. The zero-order valence-corrected chi connectivity index (χ0v) is 13.9. The van der Waals surface area contributed by atoms with Gasteiger partial charge >= 0.3 is 0 Å². The monoisotopic (exact) mass is 316 g/mol. The Morgan fingerprint density at radius 3 is 2.78 bits per heavy atom. The Hall–Kier alpha value is -2.04. The first-order valence-corrected chi connectivity index (χ1v) is 8.36. The number of aryl methyl sites for hydroxylation is 1. The molecule has 0 spiro atoms. The first kappa shape index (κ1) is 15.8. The number of nitrogens with zero attached hydrogens (tertiary/aromatic N) is 2. The number of carbonyl (C=O) groups is 2. The van der Waals surface area contributed by atoms with E-state index in [2.05, 4.69) is 0 Å².